The van der Waals surface area contributed by atoms with Crippen molar-refractivity contribution in [1.82, 2.24) is 5.73 Å². The summed E-state index contributed by atoms with van der Waals surface area (Å²) in [5.74, 6) is 0.0556. The molecule has 0 aliphatic carbocycles. The van der Waals surface area contributed by atoms with Gasteiger partial charge in [0.25, 0.3) is 0 Å². The maximum absolute atomic E-state index is 10.6. The second kappa shape index (κ2) is 3.63. The Morgan fingerprint density at radius 1 is 1.56 bits per heavy atom. The fraction of sp³-hybridized carbons (Fsp3) is 0.600. The van der Waals surface area contributed by atoms with Crippen molar-refractivity contribution in [3.8, 4) is 0 Å². The molecule has 0 atom stereocenters. The van der Waals surface area contributed by atoms with E-state index in [0.29, 0.717) is 6.42 Å². The van der Waals surface area contributed by atoms with Gasteiger partial charge in [0.1, 0.15) is 0 Å². The third-order valence-corrected chi connectivity index (χ3v) is 2.23. The van der Waals surface area contributed by atoms with Gasteiger partial charge in [0, 0.05) is 12.0 Å². The average molecular weight is 148 g/mol. The van der Waals surface area contributed by atoms with Gasteiger partial charge in [-0.3, -0.25) is 5.73 Å². The molecule has 1 radical (unpaired) electrons. The number of sulfone groups is 1. The molecule has 0 saturated carbocycles. The van der Waals surface area contributed by atoms with Crippen molar-refractivity contribution in [2.75, 3.05) is 12.3 Å². The minimum atomic E-state index is -3.04. The van der Waals surface area contributed by atoms with Gasteiger partial charge in [-0.05, 0) is 6.42 Å². The Balaban J connectivity index is 3.75. The zero-order valence-corrected chi connectivity index (χ0v) is 5.95. The maximum Gasteiger partial charge on any atom is 0.171 e. The Morgan fingerprint density at radius 3 is 2.44 bits per heavy atom. The molecule has 0 amide bonds. The highest BCUT2D eigenvalue weighted by Gasteiger charge is 2.01. The predicted molar refractivity (Wildman–Crippen MR) is 36.6 cm³/mol. The fourth-order valence-corrected chi connectivity index (χ4v) is 1.07. The Morgan fingerprint density at radius 2 is 2.11 bits per heavy atom. The van der Waals surface area contributed by atoms with Crippen LogP contribution in [0.3, 0.4) is 0 Å². The summed E-state index contributed by atoms with van der Waals surface area (Å²) in [6.07, 6.45) is 0.397. The zero-order valence-electron chi connectivity index (χ0n) is 5.13. The summed E-state index contributed by atoms with van der Waals surface area (Å²) in [6.45, 7) is 3.30. The number of hydrogen-bond donors (Lipinski definition) is 0. The van der Waals surface area contributed by atoms with E-state index in [1.165, 1.54) is 0 Å². The minimum absolute atomic E-state index is 0.0556. The molecule has 0 aromatic rings. The molecule has 0 aliphatic rings. The first-order valence-corrected chi connectivity index (χ1v) is 4.33. The van der Waals surface area contributed by atoms with Gasteiger partial charge in [-0.1, -0.05) is 6.58 Å². The SMILES string of the molecule is C=CS(=O)(=O)CCC[NH]. The lowest BCUT2D eigenvalue weighted by Crippen LogP contribution is -2.03. The van der Waals surface area contributed by atoms with E-state index < -0.39 is 9.84 Å². The molecule has 0 saturated heterocycles. The van der Waals surface area contributed by atoms with E-state index in [0.717, 1.165) is 5.41 Å². The molecule has 0 aromatic heterocycles. The van der Waals surface area contributed by atoms with Crippen LogP contribution in [0, 0.1) is 0 Å². The molecule has 9 heavy (non-hydrogen) atoms. The Bertz CT molecular complexity index is 171. The van der Waals surface area contributed by atoms with Crippen molar-refractivity contribution in [3.63, 3.8) is 0 Å². The number of nitrogens with one attached hydrogen (secondary N) is 1. The largest absolute Gasteiger partial charge is 0.258 e. The third kappa shape index (κ3) is 4.17. The third-order valence-electron chi connectivity index (χ3n) is 0.860. The summed E-state index contributed by atoms with van der Waals surface area (Å²) in [5, 5.41) is 0.933. The molecular weight excluding hydrogens is 138 g/mol. The van der Waals surface area contributed by atoms with Crippen LogP contribution in [0.2, 0.25) is 0 Å². The molecule has 0 aliphatic heterocycles. The molecular formula is C5H10NO2S. The Hall–Kier alpha value is -0.350. The van der Waals surface area contributed by atoms with Crippen LogP contribution in [0.1, 0.15) is 6.42 Å². The summed E-state index contributed by atoms with van der Waals surface area (Å²) < 4.78 is 21.1. The lowest BCUT2D eigenvalue weighted by molar-refractivity contribution is 0.602. The van der Waals surface area contributed by atoms with Crippen LogP contribution >= 0.6 is 0 Å². The first-order valence-electron chi connectivity index (χ1n) is 2.62. The minimum Gasteiger partial charge on any atom is -0.258 e. The van der Waals surface area contributed by atoms with Crippen LogP contribution in [-0.4, -0.2) is 20.7 Å². The van der Waals surface area contributed by atoms with Crippen LogP contribution in [-0.2, 0) is 9.84 Å². The van der Waals surface area contributed by atoms with Gasteiger partial charge in [-0.2, -0.15) is 0 Å². The summed E-state index contributed by atoms with van der Waals surface area (Å²) in [7, 11) is -3.04. The van der Waals surface area contributed by atoms with Crippen molar-refractivity contribution >= 4 is 9.84 Å². The van der Waals surface area contributed by atoms with Gasteiger partial charge in [0.05, 0.1) is 5.75 Å². The van der Waals surface area contributed by atoms with Crippen LogP contribution in [0.15, 0.2) is 12.0 Å². The van der Waals surface area contributed by atoms with E-state index in [1.54, 1.807) is 0 Å². The van der Waals surface area contributed by atoms with Crippen LogP contribution in [0.25, 0.3) is 0 Å². The Labute approximate surface area is 55.5 Å². The smallest absolute Gasteiger partial charge is 0.171 e. The zero-order chi connectivity index (χ0) is 7.33. The van der Waals surface area contributed by atoms with E-state index >= 15 is 0 Å². The predicted octanol–water partition coefficient (Wildman–Crippen LogP) is 0.218. The van der Waals surface area contributed by atoms with E-state index in [-0.39, 0.29) is 12.3 Å². The van der Waals surface area contributed by atoms with Crippen molar-refractivity contribution in [2.45, 2.75) is 6.42 Å². The second-order valence-corrected chi connectivity index (χ2v) is 3.70. The monoisotopic (exact) mass is 148 g/mol. The van der Waals surface area contributed by atoms with Gasteiger partial charge in [0.15, 0.2) is 9.84 Å². The summed E-state index contributed by atoms with van der Waals surface area (Å²) >= 11 is 0. The summed E-state index contributed by atoms with van der Waals surface area (Å²) in [6, 6.07) is 0. The summed E-state index contributed by atoms with van der Waals surface area (Å²) in [4.78, 5) is 0. The molecule has 53 valence electrons. The van der Waals surface area contributed by atoms with Crippen LogP contribution in [0.5, 0.6) is 0 Å². The van der Waals surface area contributed by atoms with E-state index in [4.69, 9.17) is 5.73 Å². The van der Waals surface area contributed by atoms with Crippen molar-refractivity contribution in [1.29, 1.82) is 0 Å². The van der Waals surface area contributed by atoms with Crippen molar-refractivity contribution in [2.24, 2.45) is 0 Å². The number of hydrogen-bond acceptors (Lipinski definition) is 2. The van der Waals surface area contributed by atoms with E-state index in [2.05, 4.69) is 6.58 Å². The lowest BCUT2D eigenvalue weighted by Gasteiger charge is -1.92. The normalized spacial score (nSPS) is 11.2. The highest BCUT2D eigenvalue weighted by Crippen LogP contribution is 1.92. The first kappa shape index (κ1) is 8.65. The average Bonchev–Trinajstić information content (AvgIpc) is 1.84. The quantitative estimate of drug-likeness (QED) is 0.572. The number of rotatable bonds is 4. The molecule has 0 heterocycles. The lowest BCUT2D eigenvalue weighted by atomic mass is 10.5. The highest BCUT2D eigenvalue weighted by molar-refractivity contribution is 7.94. The first-order chi connectivity index (χ1) is 4.12. The highest BCUT2D eigenvalue weighted by atomic mass is 32.2. The molecule has 4 heteroatoms. The van der Waals surface area contributed by atoms with Crippen molar-refractivity contribution in [3.05, 3.63) is 12.0 Å². The van der Waals surface area contributed by atoms with Gasteiger partial charge in [0.2, 0.25) is 0 Å². The molecule has 0 aromatic carbocycles. The van der Waals surface area contributed by atoms with Gasteiger partial charge in [-0.25, -0.2) is 8.42 Å². The van der Waals surface area contributed by atoms with Crippen LogP contribution in [0.4, 0.5) is 0 Å². The standard InChI is InChI=1S/C5H10NO2S/c1-2-9(7,8)5-3-4-6/h2,6H,1,3-5H2. The molecule has 3 nitrogen and oxygen atoms in total. The van der Waals surface area contributed by atoms with Crippen LogP contribution < -0.4 is 5.73 Å². The Kier molecular flexibility index (Phi) is 3.49. The molecule has 1 N–H and O–H groups in total. The second-order valence-electron chi connectivity index (χ2n) is 1.64. The molecule has 0 bridgehead atoms. The molecule has 0 unspecified atom stereocenters. The van der Waals surface area contributed by atoms with E-state index in [1.807, 2.05) is 0 Å². The molecule has 0 rings (SSSR count). The molecule has 0 spiro atoms. The fourth-order valence-electron chi connectivity index (χ4n) is 0.357. The van der Waals surface area contributed by atoms with Gasteiger partial charge in [-0.15, -0.1) is 0 Å². The summed E-state index contributed by atoms with van der Waals surface area (Å²) in [5.41, 5.74) is 6.66. The maximum atomic E-state index is 10.6. The van der Waals surface area contributed by atoms with E-state index in [9.17, 15) is 8.42 Å². The van der Waals surface area contributed by atoms with Gasteiger partial charge >= 0.3 is 0 Å². The topological polar surface area (TPSA) is 57.9 Å². The molecule has 0 fully saturated rings. The van der Waals surface area contributed by atoms with Crippen molar-refractivity contribution < 1.29 is 8.42 Å². The van der Waals surface area contributed by atoms with Gasteiger partial charge < -0.3 is 0 Å².